The molecule has 0 radical (unpaired) electrons. The van der Waals surface area contributed by atoms with Crippen molar-refractivity contribution in [3.63, 3.8) is 0 Å². The van der Waals surface area contributed by atoms with Crippen molar-refractivity contribution in [2.24, 2.45) is 0 Å². The number of carbonyl (C=O) groups is 1. The Balaban J connectivity index is 1.39. The van der Waals surface area contributed by atoms with Crippen LogP contribution in [0.1, 0.15) is 19.5 Å². The standard InChI is InChI=1S/C22H19ClN2O4/c1-22(2,28-17-9-7-15(23)8-10-17)21(26)24-13-16-12-20(29-25-16)19-11-14-5-3-4-6-18(14)27-19/h3-12H,13H2,1-2H3,(H,24,26). The molecule has 148 valence electrons. The van der Waals surface area contributed by atoms with Gasteiger partial charge in [-0.1, -0.05) is 35.0 Å². The van der Waals surface area contributed by atoms with E-state index in [0.29, 0.717) is 28.0 Å². The summed E-state index contributed by atoms with van der Waals surface area (Å²) in [6, 6.07) is 18.2. The summed E-state index contributed by atoms with van der Waals surface area (Å²) in [5.74, 6) is 1.37. The largest absolute Gasteiger partial charge is 0.478 e. The fraction of sp³-hybridized carbons (Fsp3) is 0.182. The van der Waals surface area contributed by atoms with Crippen molar-refractivity contribution in [1.82, 2.24) is 10.5 Å². The number of aromatic nitrogens is 1. The van der Waals surface area contributed by atoms with Crippen LogP contribution in [0, 0.1) is 0 Å². The van der Waals surface area contributed by atoms with Crippen LogP contribution in [0.3, 0.4) is 0 Å². The summed E-state index contributed by atoms with van der Waals surface area (Å²) in [4.78, 5) is 12.6. The third-order valence-electron chi connectivity index (χ3n) is 4.39. The fourth-order valence-electron chi connectivity index (χ4n) is 2.84. The van der Waals surface area contributed by atoms with Crippen LogP contribution in [-0.2, 0) is 11.3 Å². The molecule has 0 unspecified atom stereocenters. The molecule has 2 heterocycles. The number of nitrogens with one attached hydrogen (secondary N) is 1. The van der Waals surface area contributed by atoms with Gasteiger partial charge in [-0.05, 0) is 50.2 Å². The molecule has 1 N–H and O–H groups in total. The lowest BCUT2D eigenvalue weighted by Gasteiger charge is -2.25. The van der Waals surface area contributed by atoms with Gasteiger partial charge in [-0.2, -0.15) is 0 Å². The molecule has 0 aliphatic heterocycles. The van der Waals surface area contributed by atoms with Crippen molar-refractivity contribution < 1.29 is 18.5 Å². The molecule has 0 atom stereocenters. The summed E-state index contributed by atoms with van der Waals surface area (Å²) >= 11 is 5.87. The lowest BCUT2D eigenvalue weighted by atomic mass is 10.1. The quantitative estimate of drug-likeness (QED) is 0.471. The SMILES string of the molecule is CC(C)(Oc1ccc(Cl)cc1)C(=O)NCc1cc(-c2cc3ccccc3o2)on1. The van der Waals surface area contributed by atoms with E-state index in [4.69, 9.17) is 25.3 Å². The van der Waals surface area contributed by atoms with E-state index in [-0.39, 0.29) is 12.5 Å². The average molecular weight is 411 g/mol. The van der Waals surface area contributed by atoms with E-state index in [9.17, 15) is 4.79 Å². The maximum atomic E-state index is 12.6. The number of ether oxygens (including phenoxy) is 1. The first-order chi connectivity index (χ1) is 13.9. The van der Waals surface area contributed by atoms with E-state index < -0.39 is 5.60 Å². The number of furan rings is 1. The molecule has 0 aliphatic carbocycles. The van der Waals surface area contributed by atoms with Crippen LogP contribution in [0.4, 0.5) is 0 Å². The van der Waals surface area contributed by atoms with Crippen molar-refractivity contribution in [2.45, 2.75) is 26.0 Å². The predicted octanol–water partition coefficient (Wildman–Crippen LogP) is 5.22. The minimum atomic E-state index is -1.07. The van der Waals surface area contributed by atoms with Crippen LogP contribution in [0.2, 0.25) is 5.02 Å². The number of amides is 1. The van der Waals surface area contributed by atoms with Gasteiger partial charge in [-0.15, -0.1) is 0 Å². The minimum Gasteiger partial charge on any atom is -0.478 e. The fourth-order valence-corrected chi connectivity index (χ4v) is 2.97. The highest BCUT2D eigenvalue weighted by molar-refractivity contribution is 6.30. The Kier molecular flexibility index (Phi) is 5.03. The minimum absolute atomic E-state index is 0.204. The molecule has 1 amide bonds. The Hall–Kier alpha value is -3.25. The zero-order chi connectivity index (χ0) is 20.4. The summed E-state index contributed by atoms with van der Waals surface area (Å²) in [5, 5.41) is 8.41. The van der Waals surface area contributed by atoms with Gasteiger partial charge in [0.05, 0.1) is 6.54 Å². The normalized spacial score (nSPS) is 11.6. The Morgan fingerprint density at radius 2 is 1.86 bits per heavy atom. The lowest BCUT2D eigenvalue weighted by molar-refractivity contribution is -0.134. The molecule has 0 fully saturated rings. The van der Waals surface area contributed by atoms with Crippen LogP contribution in [-0.4, -0.2) is 16.7 Å². The number of para-hydroxylation sites is 1. The number of hydrogen-bond acceptors (Lipinski definition) is 5. The first kappa shape index (κ1) is 19.1. The highest BCUT2D eigenvalue weighted by Gasteiger charge is 2.30. The first-order valence-corrected chi connectivity index (χ1v) is 9.46. The van der Waals surface area contributed by atoms with Crippen molar-refractivity contribution in [1.29, 1.82) is 0 Å². The van der Waals surface area contributed by atoms with E-state index in [0.717, 1.165) is 11.0 Å². The number of fused-ring (bicyclic) bond motifs is 1. The van der Waals surface area contributed by atoms with Crippen LogP contribution in [0.15, 0.2) is 69.6 Å². The zero-order valence-electron chi connectivity index (χ0n) is 15.9. The summed E-state index contributed by atoms with van der Waals surface area (Å²) in [6.07, 6.45) is 0. The Morgan fingerprint density at radius 3 is 2.62 bits per heavy atom. The highest BCUT2D eigenvalue weighted by atomic mass is 35.5. The average Bonchev–Trinajstić information content (AvgIpc) is 3.34. The van der Waals surface area contributed by atoms with Crippen molar-refractivity contribution in [2.75, 3.05) is 0 Å². The van der Waals surface area contributed by atoms with Gasteiger partial charge in [0.25, 0.3) is 5.91 Å². The van der Waals surface area contributed by atoms with Gasteiger partial charge in [0, 0.05) is 16.5 Å². The second kappa shape index (κ2) is 7.64. The smallest absolute Gasteiger partial charge is 0.263 e. The van der Waals surface area contributed by atoms with Gasteiger partial charge < -0.3 is 19.0 Å². The van der Waals surface area contributed by atoms with E-state index in [1.807, 2.05) is 30.3 Å². The van der Waals surface area contributed by atoms with E-state index in [2.05, 4.69) is 10.5 Å². The number of nitrogens with zero attached hydrogens (tertiary/aromatic N) is 1. The van der Waals surface area contributed by atoms with Gasteiger partial charge in [0.1, 0.15) is 17.0 Å². The Bertz CT molecular complexity index is 1110. The molecule has 0 spiro atoms. The van der Waals surface area contributed by atoms with Gasteiger partial charge in [-0.25, -0.2) is 0 Å². The van der Waals surface area contributed by atoms with Gasteiger partial charge in [0.15, 0.2) is 11.4 Å². The van der Waals surface area contributed by atoms with Gasteiger partial charge in [-0.3, -0.25) is 4.79 Å². The Morgan fingerprint density at radius 1 is 1.10 bits per heavy atom. The second-order valence-corrected chi connectivity index (χ2v) is 7.52. The summed E-state index contributed by atoms with van der Waals surface area (Å²) in [7, 11) is 0. The molecule has 7 heteroatoms. The Labute approximate surface area is 172 Å². The van der Waals surface area contributed by atoms with E-state index >= 15 is 0 Å². The number of benzene rings is 2. The summed E-state index contributed by atoms with van der Waals surface area (Å²) < 4.78 is 16.9. The summed E-state index contributed by atoms with van der Waals surface area (Å²) in [6.45, 7) is 3.59. The van der Waals surface area contributed by atoms with Crippen molar-refractivity contribution >= 4 is 28.5 Å². The highest BCUT2D eigenvalue weighted by Crippen LogP contribution is 2.28. The maximum absolute atomic E-state index is 12.6. The zero-order valence-corrected chi connectivity index (χ0v) is 16.7. The molecule has 4 rings (SSSR count). The lowest BCUT2D eigenvalue weighted by Crippen LogP contribution is -2.46. The second-order valence-electron chi connectivity index (χ2n) is 7.08. The third kappa shape index (κ3) is 4.27. The monoisotopic (exact) mass is 410 g/mol. The molecule has 6 nitrogen and oxygen atoms in total. The van der Waals surface area contributed by atoms with Crippen molar-refractivity contribution in [3.8, 4) is 17.3 Å². The third-order valence-corrected chi connectivity index (χ3v) is 4.64. The molecule has 0 aliphatic rings. The molecular formula is C22H19ClN2O4. The molecule has 4 aromatic rings. The molecule has 0 bridgehead atoms. The van der Waals surface area contributed by atoms with Crippen molar-refractivity contribution in [3.05, 3.63) is 71.4 Å². The van der Waals surface area contributed by atoms with Gasteiger partial charge in [0.2, 0.25) is 5.76 Å². The number of rotatable bonds is 6. The molecule has 2 aromatic heterocycles. The molecule has 2 aromatic carbocycles. The topological polar surface area (TPSA) is 77.5 Å². The maximum Gasteiger partial charge on any atom is 0.263 e. The first-order valence-electron chi connectivity index (χ1n) is 9.08. The summed E-state index contributed by atoms with van der Waals surface area (Å²) in [5.41, 5.74) is 0.282. The van der Waals surface area contributed by atoms with Crippen LogP contribution in [0.25, 0.3) is 22.5 Å². The molecule has 0 saturated carbocycles. The molecule has 0 saturated heterocycles. The van der Waals surface area contributed by atoms with Crippen LogP contribution < -0.4 is 10.1 Å². The number of halogens is 1. The number of hydrogen-bond donors (Lipinski definition) is 1. The van der Waals surface area contributed by atoms with E-state index in [1.165, 1.54) is 0 Å². The predicted molar refractivity (Wildman–Crippen MR) is 110 cm³/mol. The van der Waals surface area contributed by atoms with E-state index in [1.54, 1.807) is 44.2 Å². The van der Waals surface area contributed by atoms with Crippen LogP contribution in [0.5, 0.6) is 5.75 Å². The van der Waals surface area contributed by atoms with Gasteiger partial charge >= 0.3 is 0 Å². The molecule has 29 heavy (non-hydrogen) atoms. The molecular weight excluding hydrogens is 392 g/mol. The van der Waals surface area contributed by atoms with Crippen LogP contribution >= 0.6 is 11.6 Å². The number of carbonyl (C=O) groups excluding carboxylic acids is 1.